The lowest BCUT2D eigenvalue weighted by Crippen LogP contribution is -2.49. The molecule has 0 fully saturated rings. The molecular weight excluding hydrogens is 347 g/mol. The third-order valence-corrected chi connectivity index (χ3v) is 5.56. The average molecular weight is 357 g/mol. The molecule has 0 aromatic heterocycles. The van der Waals surface area contributed by atoms with Gasteiger partial charge in [-0.05, 0) is 42.5 Å². The van der Waals surface area contributed by atoms with Crippen molar-refractivity contribution in [2.24, 2.45) is 0 Å². The van der Waals surface area contributed by atoms with Gasteiger partial charge in [0.1, 0.15) is 4.90 Å². The van der Waals surface area contributed by atoms with Gasteiger partial charge in [0.05, 0.1) is 11.4 Å². The molecule has 0 N–H and O–H groups in total. The molecule has 114 valence electrons. The van der Waals surface area contributed by atoms with Crippen molar-refractivity contribution in [1.29, 1.82) is 0 Å². The van der Waals surface area contributed by atoms with Crippen LogP contribution in [-0.4, -0.2) is 21.5 Å². The molecule has 0 unspecified atom stereocenters. The highest BCUT2D eigenvalue weighted by Gasteiger charge is 2.41. The zero-order chi connectivity index (χ0) is 16.1. The van der Waals surface area contributed by atoms with Gasteiger partial charge in [0.2, 0.25) is 0 Å². The summed E-state index contributed by atoms with van der Waals surface area (Å²) < 4.78 is 26.3. The van der Waals surface area contributed by atoms with Gasteiger partial charge < -0.3 is 0 Å². The first-order valence-electron chi connectivity index (χ1n) is 6.20. The summed E-state index contributed by atoms with van der Waals surface area (Å²) >= 11 is 11.7. The quantitative estimate of drug-likeness (QED) is 0.781. The number of anilines is 2. The van der Waals surface area contributed by atoms with E-state index in [4.69, 9.17) is 23.2 Å². The number of fused-ring (bicyclic) bond motifs is 1. The van der Waals surface area contributed by atoms with Gasteiger partial charge >= 0.3 is 6.03 Å². The number of rotatable bonds is 1. The van der Waals surface area contributed by atoms with Crippen molar-refractivity contribution < 1.29 is 13.2 Å². The summed E-state index contributed by atoms with van der Waals surface area (Å²) in [6.45, 7) is 0. The van der Waals surface area contributed by atoms with E-state index in [1.165, 1.54) is 54.4 Å². The van der Waals surface area contributed by atoms with Crippen molar-refractivity contribution in [3.63, 3.8) is 0 Å². The number of benzene rings is 2. The molecule has 1 aliphatic rings. The zero-order valence-corrected chi connectivity index (χ0v) is 13.7. The number of hydrogen-bond acceptors (Lipinski definition) is 3. The summed E-state index contributed by atoms with van der Waals surface area (Å²) in [7, 11) is -2.51. The van der Waals surface area contributed by atoms with Crippen LogP contribution in [0.5, 0.6) is 0 Å². The summed E-state index contributed by atoms with van der Waals surface area (Å²) in [6.07, 6.45) is 0. The number of carbonyl (C=O) groups is 1. The van der Waals surface area contributed by atoms with Crippen LogP contribution in [0.25, 0.3) is 0 Å². The minimum absolute atomic E-state index is 0.0222. The van der Waals surface area contributed by atoms with Gasteiger partial charge in [-0.2, -0.15) is 4.31 Å². The summed E-state index contributed by atoms with van der Waals surface area (Å²) in [5.74, 6) is 0. The van der Waals surface area contributed by atoms with Gasteiger partial charge in [0.25, 0.3) is 10.0 Å². The summed E-state index contributed by atoms with van der Waals surface area (Å²) in [6, 6.07) is 9.64. The number of nitrogens with zero attached hydrogens (tertiary/aromatic N) is 2. The lowest BCUT2D eigenvalue weighted by atomic mass is 10.3. The maximum Gasteiger partial charge on any atom is 0.342 e. The molecule has 0 atom stereocenters. The van der Waals surface area contributed by atoms with Gasteiger partial charge in [-0.15, -0.1) is 0 Å². The van der Waals surface area contributed by atoms with E-state index in [0.29, 0.717) is 10.0 Å². The van der Waals surface area contributed by atoms with Gasteiger partial charge in [-0.25, -0.2) is 13.2 Å². The third kappa shape index (κ3) is 2.24. The van der Waals surface area contributed by atoms with Gasteiger partial charge in [-0.3, -0.25) is 4.90 Å². The smallest absolute Gasteiger partial charge is 0.295 e. The Kier molecular flexibility index (Phi) is 3.55. The molecule has 5 nitrogen and oxygen atoms in total. The van der Waals surface area contributed by atoms with Crippen molar-refractivity contribution in [1.82, 2.24) is 0 Å². The first-order valence-corrected chi connectivity index (χ1v) is 8.40. The molecular formula is C14H10Cl2N2O3S. The molecule has 8 heteroatoms. The van der Waals surface area contributed by atoms with E-state index in [-0.39, 0.29) is 16.3 Å². The fourth-order valence-corrected chi connectivity index (χ4v) is 4.15. The SMILES string of the molecule is CN1C(=O)N(c2ccc(Cl)cc2)S(=O)(=O)c2ccc(Cl)cc21. The molecule has 0 radical (unpaired) electrons. The van der Waals surface area contributed by atoms with Crippen LogP contribution in [0.1, 0.15) is 0 Å². The largest absolute Gasteiger partial charge is 0.342 e. The highest BCUT2D eigenvalue weighted by molar-refractivity contribution is 7.94. The minimum atomic E-state index is -4.01. The fraction of sp³-hybridized carbons (Fsp3) is 0.0714. The van der Waals surface area contributed by atoms with Gasteiger partial charge in [0, 0.05) is 17.1 Å². The second-order valence-electron chi connectivity index (χ2n) is 4.70. The van der Waals surface area contributed by atoms with E-state index >= 15 is 0 Å². The minimum Gasteiger partial charge on any atom is -0.295 e. The molecule has 0 spiro atoms. The second-order valence-corrected chi connectivity index (χ2v) is 7.33. The Morgan fingerprint density at radius 1 is 0.955 bits per heavy atom. The van der Waals surface area contributed by atoms with E-state index in [9.17, 15) is 13.2 Å². The predicted molar refractivity (Wildman–Crippen MR) is 86.4 cm³/mol. The van der Waals surface area contributed by atoms with Crippen molar-refractivity contribution in [3.05, 3.63) is 52.5 Å². The topological polar surface area (TPSA) is 57.7 Å². The summed E-state index contributed by atoms with van der Waals surface area (Å²) in [5, 5.41) is 0.805. The Morgan fingerprint density at radius 2 is 1.55 bits per heavy atom. The van der Waals surface area contributed by atoms with Gasteiger partial charge in [0.15, 0.2) is 0 Å². The number of amides is 2. The lowest BCUT2D eigenvalue weighted by molar-refractivity contribution is 0.255. The molecule has 2 aromatic carbocycles. The number of halogens is 2. The highest BCUT2D eigenvalue weighted by Crippen LogP contribution is 2.37. The second kappa shape index (κ2) is 5.15. The van der Waals surface area contributed by atoms with Gasteiger partial charge in [-0.1, -0.05) is 23.2 Å². The Bertz CT molecular complexity index is 866. The van der Waals surface area contributed by atoms with E-state index in [1.807, 2.05) is 0 Å². The highest BCUT2D eigenvalue weighted by atomic mass is 35.5. The van der Waals surface area contributed by atoms with E-state index in [2.05, 4.69) is 0 Å². The van der Waals surface area contributed by atoms with Crippen LogP contribution in [0, 0.1) is 0 Å². The molecule has 22 heavy (non-hydrogen) atoms. The van der Waals surface area contributed by atoms with Crippen molar-refractivity contribution in [2.75, 3.05) is 16.3 Å². The van der Waals surface area contributed by atoms with Crippen LogP contribution in [0.2, 0.25) is 10.0 Å². The van der Waals surface area contributed by atoms with Crippen LogP contribution in [-0.2, 0) is 10.0 Å². The van der Waals surface area contributed by atoms with Crippen LogP contribution in [0.3, 0.4) is 0 Å². The van der Waals surface area contributed by atoms with Crippen LogP contribution < -0.4 is 9.21 Å². The van der Waals surface area contributed by atoms with E-state index in [1.54, 1.807) is 0 Å². The maximum atomic E-state index is 12.8. The summed E-state index contributed by atoms with van der Waals surface area (Å²) in [5.41, 5.74) is 0.476. The fourth-order valence-electron chi connectivity index (χ4n) is 2.24. The maximum absolute atomic E-state index is 12.8. The van der Waals surface area contributed by atoms with Crippen molar-refractivity contribution in [3.8, 4) is 0 Å². The molecule has 1 aliphatic heterocycles. The zero-order valence-electron chi connectivity index (χ0n) is 11.3. The molecule has 0 saturated carbocycles. The lowest BCUT2D eigenvalue weighted by Gasteiger charge is -2.34. The van der Waals surface area contributed by atoms with Crippen LogP contribution >= 0.6 is 23.2 Å². The predicted octanol–water partition coefficient (Wildman–Crippen LogP) is 3.76. The summed E-state index contributed by atoms with van der Waals surface area (Å²) in [4.78, 5) is 13.8. The van der Waals surface area contributed by atoms with E-state index < -0.39 is 16.1 Å². The van der Waals surface area contributed by atoms with Crippen molar-refractivity contribution >= 4 is 50.6 Å². The Labute approximate surface area is 137 Å². The average Bonchev–Trinajstić information content (AvgIpc) is 2.47. The Morgan fingerprint density at radius 3 is 2.18 bits per heavy atom. The number of hydrogen-bond donors (Lipinski definition) is 0. The van der Waals surface area contributed by atoms with E-state index in [0.717, 1.165) is 4.31 Å². The first-order chi connectivity index (χ1) is 10.3. The third-order valence-electron chi connectivity index (χ3n) is 3.32. The molecule has 0 aliphatic carbocycles. The Balaban J connectivity index is 2.23. The van der Waals surface area contributed by atoms with Crippen LogP contribution in [0.4, 0.5) is 16.2 Å². The first kappa shape index (κ1) is 15.1. The monoisotopic (exact) mass is 356 g/mol. The van der Waals surface area contributed by atoms with Crippen LogP contribution in [0.15, 0.2) is 47.4 Å². The molecule has 2 aromatic rings. The molecule has 1 heterocycles. The number of carbonyl (C=O) groups excluding carboxylic acids is 1. The molecule has 0 saturated heterocycles. The molecule has 3 rings (SSSR count). The Hall–Kier alpha value is -1.76. The normalized spacial score (nSPS) is 16.6. The molecule has 2 amide bonds. The molecule has 0 bridgehead atoms. The number of urea groups is 1. The van der Waals surface area contributed by atoms with Crippen molar-refractivity contribution in [2.45, 2.75) is 4.90 Å². The number of sulfonamides is 1. The standard InChI is InChI=1S/C14H10Cl2N2O3S/c1-17-12-8-10(16)4-7-13(12)22(20,21)18(14(17)19)11-5-2-9(15)3-6-11/h2-8H,1H3.